The van der Waals surface area contributed by atoms with Crippen LogP contribution in [0.3, 0.4) is 0 Å². The average molecular weight is 284 g/mol. The molecule has 0 saturated heterocycles. The van der Waals surface area contributed by atoms with Crippen molar-refractivity contribution < 1.29 is 0 Å². The van der Waals surface area contributed by atoms with Crippen LogP contribution in [0.15, 0.2) is 21.9 Å². The smallest absolute Gasteiger partial charge is 0.313 e. The van der Waals surface area contributed by atoms with E-state index < -0.39 is 11.2 Å². The van der Waals surface area contributed by atoms with Gasteiger partial charge in [-0.1, -0.05) is 0 Å². The molecule has 0 spiro atoms. The normalized spacial score (nSPS) is 24.0. The third-order valence-corrected chi connectivity index (χ3v) is 4.58. The van der Waals surface area contributed by atoms with Crippen LogP contribution >= 0.6 is 0 Å². The van der Waals surface area contributed by atoms with E-state index in [0.717, 1.165) is 17.5 Å². The lowest BCUT2D eigenvalue weighted by molar-refractivity contribution is 0.686. The van der Waals surface area contributed by atoms with Gasteiger partial charge in [0.1, 0.15) is 5.69 Å². The number of aromatic amines is 2. The van der Waals surface area contributed by atoms with E-state index >= 15 is 0 Å². The van der Waals surface area contributed by atoms with Gasteiger partial charge in [0, 0.05) is 6.20 Å². The second-order valence-electron chi connectivity index (χ2n) is 6.10. The van der Waals surface area contributed by atoms with Gasteiger partial charge in [-0.15, -0.1) is 5.10 Å². The fourth-order valence-corrected chi connectivity index (χ4v) is 3.19. The predicted octanol–water partition coefficient (Wildman–Crippen LogP) is 1.34. The molecule has 108 valence electrons. The molecule has 6 nitrogen and oxygen atoms in total. The zero-order valence-corrected chi connectivity index (χ0v) is 11.7. The van der Waals surface area contributed by atoms with E-state index in [1.54, 1.807) is 0 Å². The first-order chi connectivity index (χ1) is 10.1. The maximum atomic E-state index is 11.9. The summed E-state index contributed by atoms with van der Waals surface area (Å²) >= 11 is 0. The highest BCUT2D eigenvalue weighted by atomic mass is 16.2. The molecule has 2 atom stereocenters. The Labute approximate surface area is 120 Å². The number of aryl methyl sites for hydroxylation is 1. The van der Waals surface area contributed by atoms with Crippen molar-refractivity contribution in [1.82, 2.24) is 20.2 Å². The highest BCUT2D eigenvalue weighted by Gasteiger charge is 2.48. The van der Waals surface area contributed by atoms with Crippen molar-refractivity contribution >= 4 is 0 Å². The fourth-order valence-electron chi connectivity index (χ4n) is 3.19. The largest absolute Gasteiger partial charge is 0.325 e. The van der Waals surface area contributed by atoms with E-state index in [-0.39, 0.29) is 0 Å². The summed E-state index contributed by atoms with van der Waals surface area (Å²) in [7, 11) is 0. The second kappa shape index (κ2) is 4.38. The fraction of sp³-hybridized carbons (Fsp3) is 0.467. The summed E-state index contributed by atoms with van der Waals surface area (Å²) in [6, 6.07) is 1.96. The third-order valence-electron chi connectivity index (χ3n) is 4.58. The average Bonchev–Trinajstić information content (AvgIpc) is 3.32. The van der Waals surface area contributed by atoms with Gasteiger partial charge < -0.3 is 4.98 Å². The van der Waals surface area contributed by atoms with Crippen LogP contribution in [0, 0.1) is 18.8 Å². The van der Waals surface area contributed by atoms with Crippen LogP contribution in [0.2, 0.25) is 0 Å². The van der Waals surface area contributed by atoms with Crippen molar-refractivity contribution in [3.8, 4) is 11.3 Å². The van der Waals surface area contributed by atoms with Crippen molar-refractivity contribution in [3.63, 3.8) is 0 Å². The van der Waals surface area contributed by atoms with E-state index in [9.17, 15) is 9.59 Å². The van der Waals surface area contributed by atoms with Crippen molar-refractivity contribution in [2.45, 2.75) is 32.1 Å². The number of hydrogen-bond donors (Lipinski definition) is 2. The van der Waals surface area contributed by atoms with Gasteiger partial charge in [-0.3, -0.25) is 9.78 Å². The summed E-state index contributed by atoms with van der Waals surface area (Å²) in [6.07, 6.45) is 5.32. The van der Waals surface area contributed by atoms with Gasteiger partial charge in [0.05, 0.1) is 11.3 Å². The van der Waals surface area contributed by atoms with E-state index in [1.165, 1.54) is 31.0 Å². The Kier molecular flexibility index (Phi) is 2.60. The molecule has 2 aromatic heterocycles. The lowest BCUT2D eigenvalue weighted by Crippen LogP contribution is -2.23. The molecule has 2 N–H and O–H groups in total. The van der Waals surface area contributed by atoms with Crippen LogP contribution in [0.5, 0.6) is 0 Å². The molecule has 0 radical (unpaired) electrons. The lowest BCUT2D eigenvalue weighted by Gasteiger charge is -2.06. The number of hydrogen-bond acceptors (Lipinski definition) is 4. The second-order valence-corrected chi connectivity index (χ2v) is 6.10. The van der Waals surface area contributed by atoms with E-state index in [4.69, 9.17) is 0 Å². The summed E-state index contributed by atoms with van der Waals surface area (Å²) in [5, 5.41) is 8.30. The number of nitrogens with one attached hydrogen (secondary N) is 2. The summed E-state index contributed by atoms with van der Waals surface area (Å²) < 4.78 is 0. The molecular weight excluding hydrogens is 268 g/mol. The Balaban J connectivity index is 1.73. The number of rotatable bonds is 3. The molecular formula is C15H16N4O2. The molecule has 2 aliphatic rings. The van der Waals surface area contributed by atoms with Gasteiger partial charge in [-0.05, 0) is 55.6 Å². The monoisotopic (exact) mass is 284 g/mol. The van der Waals surface area contributed by atoms with Crippen molar-refractivity contribution in [1.29, 1.82) is 0 Å². The minimum Gasteiger partial charge on any atom is -0.313 e. The zero-order chi connectivity index (χ0) is 14.6. The Morgan fingerprint density at radius 3 is 2.76 bits per heavy atom. The van der Waals surface area contributed by atoms with Crippen LogP contribution in [0.4, 0.5) is 0 Å². The molecule has 0 amide bonds. The minimum absolute atomic E-state index is 0.354. The van der Waals surface area contributed by atoms with Gasteiger partial charge in [0.25, 0.3) is 5.56 Å². The highest BCUT2D eigenvalue weighted by Crippen LogP contribution is 2.59. The number of nitrogens with zero attached hydrogens (tertiary/aromatic N) is 2. The molecule has 2 unspecified atom stereocenters. The Bertz CT molecular complexity index is 819. The van der Waals surface area contributed by atoms with E-state index in [0.29, 0.717) is 17.2 Å². The van der Waals surface area contributed by atoms with Gasteiger partial charge >= 0.3 is 5.69 Å². The Morgan fingerprint density at radius 2 is 2.05 bits per heavy atom. The van der Waals surface area contributed by atoms with E-state index in [1.807, 2.05) is 13.0 Å². The Morgan fingerprint density at radius 1 is 1.24 bits per heavy atom. The van der Waals surface area contributed by atoms with Gasteiger partial charge in [-0.25, -0.2) is 4.79 Å². The molecule has 4 rings (SSSR count). The van der Waals surface area contributed by atoms with Crippen molar-refractivity contribution in [3.05, 3.63) is 44.4 Å². The van der Waals surface area contributed by atoms with Gasteiger partial charge in [0.15, 0.2) is 0 Å². The number of aromatic nitrogens is 4. The summed E-state index contributed by atoms with van der Waals surface area (Å²) in [5.74, 6) is 2.24. The topological polar surface area (TPSA) is 91.5 Å². The first-order valence-electron chi connectivity index (χ1n) is 7.30. The third kappa shape index (κ3) is 2.20. The summed E-state index contributed by atoms with van der Waals surface area (Å²) in [4.78, 5) is 27.6. The van der Waals surface area contributed by atoms with Crippen molar-refractivity contribution in [2.75, 3.05) is 0 Å². The van der Waals surface area contributed by atoms with Crippen molar-refractivity contribution in [2.24, 2.45) is 11.8 Å². The van der Waals surface area contributed by atoms with Crippen LogP contribution in [-0.2, 0) is 0 Å². The molecule has 2 aromatic rings. The van der Waals surface area contributed by atoms with Gasteiger partial charge in [-0.2, -0.15) is 5.10 Å². The molecule has 2 fully saturated rings. The maximum Gasteiger partial charge on any atom is 0.325 e. The molecule has 2 aliphatic carbocycles. The SMILES string of the molecule is Cc1nnc(-c2c[nH]c(=O)[nH]c2=O)cc1C1CC1C1CC1. The maximum absolute atomic E-state index is 11.9. The molecule has 0 bridgehead atoms. The molecule has 6 heteroatoms. The standard InChI is InChI=1S/C15H16N4O2/c1-7-9(11-4-10(11)8-2-3-8)5-13(19-18-7)12-6-16-15(21)17-14(12)20/h5-6,8,10-11H,2-4H2,1H3,(H2,16,17,20,21). The van der Waals surface area contributed by atoms with E-state index in [2.05, 4.69) is 20.2 Å². The summed E-state index contributed by atoms with van der Waals surface area (Å²) in [6.45, 7) is 1.96. The van der Waals surface area contributed by atoms with Gasteiger partial charge in [0.2, 0.25) is 0 Å². The molecule has 21 heavy (non-hydrogen) atoms. The number of H-pyrrole nitrogens is 2. The molecule has 0 aromatic carbocycles. The first kappa shape index (κ1) is 12.5. The van der Waals surface area contributed by atoms with Crippen LogP contribution < -0.4 is 11.2 Å². The Hall–Kier alpha value is -2.24. The zero-order valence-electron chi connectivity index (χ0n) is 11.7. The van der Waals surface area contributed by atoms with Crippen LogP contribution in [0.25, 0.3) is 11.3 Å². The first-order valence-corrected chi connectivity index (χ1v) is 7.30. The lowest BCUT2D eigenvalue weighted by atomic mass is 10.0. The summed E-state index contributed by atoms with van der Waals surface area (Å²) in [5.41, 5.74) is 2.06. The quantitative estimate of drug-likeness (QED) is 0.889. The van der Waals surface area contributed by atoms with Crippen LogP contribution in [-0.4, -0.2) is 20.2 Å². The highest BCUT2D eigenvalue weighted by molar-refractivity contribution is 5.57. The molecule has 0 aliphatic heterocycles. The molecule has 2 saturated carbocycles. The predicted molar refractivity (Wildman–Crippen MR) is 77.0 cm³/mol. The minimum atomic E-state index is -0.514. The molecule has 2 heterocycles. The van der Waals surface area contributed by atoms with Crippen LogP contribution in [0.1, 0.15) is 36.4 Å².